The first-order valence-electron chi connectivity index (χ1n) is 20.7. The van der Waals surface area contributed by atoms with Crippen molar-refractivity contribution in [1.82, 2.24) is 31.9 Å². The van der Waals surface area contributed by atoms with Gasteiger partial charge in [0.1, 0.15) is 36.8 Å². The van der Waals surface area contributed by atoms with Gasteiger partial charge in [-0.15, -0.1) is 0 Å². The number of carboxylic acid groups (broad SMARTS) is 1. The third kappa shape index (κ3) is 25.0. The van der Waals surface area contributed by atoms with E-state index in [1.165, 1.54) is 6.92 Å². The molecule has 0 unspecified atom stereocenters. The number of amides is 6. The first-order chi connectivity index (χ1) is 28.9. The average Bonchev–Trinajstić information content (AvgIpc) is 3.16. The molecule has 0 saturated carbocycles. The zero-order valence-corrected chi connectivity index (χ0v) is 38.0. The minimum absolute atomic E-state index is 0.0180. The summed E-state index contributed by atoms with van der Waals surface area (Å²) in [5, 5.41) is 24.2. The molecule has 0 rings (SSSR count). The minimum Gasteiger partial charge on any atom is -0.480 e. The number of nitrogens with two attached hydrogens (primary N) is 5. The van der Waals surface area contributed by atoms with Gasteiger partial charge in [0.25, 0.3) is 0 Å². The molecule has 0 aliphatic rings. The van der Waals surface area contributed by atoms with E-state index in [1.54, 1.807) is 27.7 Å². The van der Waals surface area contributed by atoms with Crippen molar-refractivity contribution < 1.29 is 52.3 Å². The van der Waals surface area contributed by atoms with Crippen molar-refractivity contribution in [3.8, 4) is 0 Å². The van der Waals surface area contributed by atoms with Crippen LogP contribution in [-0.4, -0.2) is 134 Å². The lowest BCUT2D eigenvalue weighted by Crippen LogP contribution is -2.59. The number of rotatable bonds is 32. The Kier molecular flexibility index (Phi) is 27.6. The Hall–Kier alpha value is -5.06. The molecule has 6 amide bonds. The molecule has 0 saturated heterocycles. The van der Waals surface area contributed by atoms with E-state index in [0.717, 1.165) is 0 Å². The molecule has 0 heterocycles. The van der Waals surface area contributed by atoms with E-state index >= 15 is 0 Å². The second kappa shape index (κ2) is 30.1. The van der Waals surface area contributed by atoms with Crippen LogP contribution < -0.4 is 60.6 Å². The Morgan fingerprint density at radius 1 is 0.597 bits per heavy atom. The summed E-state index contributed by atoms with van der Waals surface area (Å²) in [4.78, 5) is 99.8. The molecular formula is C37H72N13O11P. The van der Waals surface area contributed by atoms with Crippen LogP contribution in [0.15, 0.2) is 9.98 Å². The standard InChI is InChI=1S/C37H72N13O11P/c1-8-60-62(59,61-9-2)17-14-27(35(58)50-28(19-22(5)6)32(55)45-20-29(51)52)47-30(53)23(7)46-33(56)25(12-10-15-43-36(39)40)49-34(57)26(13-11-16-44-37(41)42)48-31(54)24(38)18-21(3)4/h21-28H,8-20,38H2,1-7H3,(H,45,55)(H,46,56)(H,47,53)(H,48,54)(H,49,57)(H,50,58)(H,51,52)(H4,39,40,43)(H4,41,42,44)/t23-,24-,25-,26-,27-,28-/m0/s1. The minimum atomic E-state index is -3.75. The molecule has 0 aromatic heterocycles. The Morgan fingerprint density at radius 3 is 1.45 bits per heavy atom. The van der Waals surface area contributed by atoms with Crippen molar-refractivity contribution in [2.24, 2.45) is 50.5 Å². The van der Waals surface area contributed by atoms with E-state index in [0.29, 0.717) is 6.42 Å². The topological polar surface area (TPSA) is 402 Å². The number of nitrogens with one attached hydrogen (secondary N) is 6. The van der Waals surface area contributed by atoms with Crippen LogP contribution in [0.25, 0.3) is 0 Å². The highest BCUT2D eigenvalue weighted by Crippen LogP contribution is 2.48. The molecule has 0 aliphatic heterocycles. The zero-order chi connectivity index (χ0) is 47.6. The second-order valence-corrected chi connectivity index (χ2v) is 17.5. The van der Waals surface area contributed by atoms with Crippen LogP contribution in [0, 0.1) is 11.8 Å². The molecule has 0 radical (unpaired) electrons. The van der Waals surface area contributed by atoms with Gasteiger partial charge >= 0.3 is 13.6 Å². The molecule has 0 fully saturated rings. The van der Waals surface area contributed by atoms with Crippen LogP contribution in [0.4, 0.5) is 0 Å². The predicted molar refractivity (Wildman–Crippen MR) is 233 cm³/mol. The van der Waals surface area contributed by atoms with E-state index in [4.69, 9.17) is 42.8 Å². The number of guanidine groups is 2. The van der Waals surface area contributed by atoms with Crippen LogP contribution in [0.2, 0.25) is 0 Å². The molecule has 0 aliphatic carbocycles. The molecule has 25 heteroatoms. The number of nitrogens with zero attached hydrogens (tertiary/aromatic N) is 2. The second-order valence-electron chi connectivity index (χ2n) is 15.3. The van der Waals surface area contributed by atoms with Gasteiger partial charge in [0.05, 0.1) is 25.4 Å². The number of aliphatic carboxylic acids is 1. The Morgan fingerprint density at radius 2 is 1.02 bits per heavy atom. The molecule has 17 N–H and O–H groups in total. The van der Waals surface area contributed by atoms with Gasteiger partial charge in [0.15, 0.2) is 11.9 Å². The molecule has 6 atom stereocenters. The SMILES string of the molecule is CCOP(=O)(CC[C@H](NC(=O)[C@H](C)NC(=O)[C@H](CCCN=C(N)N)NC(=O)[C@H](CCCN=C(N)N)NC(=O)[C@@H](N)CC(C)C)C(=O)N[C@@H](CC(C)C)C(=O)NCC(=O)O)OCC. The smallest absolute Gasteiger partial charge is 0.330 e. The van der Waals surface area contributed by atoms with E-state index in [1.807, 2.05) is 13.8 Å². The summed E-state index contributed by atoms with van der Waals surface area (Å²) in [5.41, 5.74) is 27.8. The number of aliphatic imine (C=N–C) groups is 2. The van der Waals surface area contributed by atoms with Crippen molar-refractivity contribution >= 4 is 60.9 Å². The average molecular weight is 906 g/mol. The molecule has 0 bridgehead atoms. The Balaban J connectivity index is 6.53. The molecule has 0 aromatic carbocycles. The molecular weight excluding hydrogens is 833 g/mol. The summed E-state index contributed by atoms with van der Waals surface area (Å²) in [6.07, 6.45) is 0.293. The maximum atomic E-state index is 13.8. The largest absolute Gasteiger partial charge is 0.480 e. The Bertz CT molecular complexity index is 1560. The van der Waals surface area contributed by atoms with Crippen molar-refractivity contribution in [1.29, 1.82) is 0 Å². The molecule has 24 nitrogen and oxygen atoms in total. The molecule has 0 spiro atoms. The van der Waals surface area contributed by atoms with Crippen molar-refractivity contribution in [3.63, 3.8) is 0 Å². The van der Waals surface area contributed by atoms with Crippen molar-refractivity contribution in [2.75, 3.05) is 39.0 Å². The van der Waals surface area contributed by atoms with E-state index in [2.05, 4.69) is 41.9 Å². The highest BCUT2D eigenvalue weighted by atomic mass is 31.2. The van der Waals surface area contributed by atoms with Crippen LogP contribution in [0.3, 0.4) is 0 Å². The van der Waals surface area contributed by atoms with E-state index in [-0.39, 0.29) is 94.7 Å². The lowest BCUT2D eigenvalue weighted by Gasteiger charge is -2.27. The molecule has 62 heavy (non-hydrogen) atoms. The van der Waals surface area contributed by atoms with Gasteiger partial charge in [0.2, 0.25) is 35.4 Å². The summed E-state index contributed by atoms with van der Waals surface area (Å²) in [7, 11) is -3.75. The maximum absolute atomic E-state index is 13.8. The highest BCUT2D eigenvalue weighted by Gasteiger charge is 2.34. The molecule has 356 valence electrons. The lowest BCUT2D eigenvalue weighted by atomic mass is 10.0. The van der Waals surface area contributed by atoms with Gasteiger partial charge < -0.3 is 74.7 Å². The summed E-state index contributed by atoms with van der Waals surface area (Å²) >= 11 is 0. The summed E-state index contributed by atoms with van der Waals surface area (Å²) in [6, 6.07) is -7.41. The third-order valence-electron chi connectivity index (χ3n) is 8.70. The van der Waals surface area contributed by atoms with E-state index in [9.17, 15) is 38.1 Å². The summed E-state index contributed by atoms with van der Waals surface area (Å²) in [5.74, 6) is -6.42. The fourth-order valence-corrected chi connectivity index (χ4v) is 7.46. The molecule has 0 aromatic rings. The fourth-order valence-electron chi connectivity index (χ4n) is 5.76. The van der Waals surface area contributed by atoms with Gasteiger partial charge in [-0.1, -0.05) is 27.7 Å². The van der Waals surface area contributed by atoms with Crippen LogP contribution in [0.1, 0.15) is 93.4 Å². The zero-order valence-electron chi connectivity index (χ0n) is 37.1. The number of hydrogen-bond acceptors (Lipinski definition) is 13. The lowest BCUT2D eigenvalue weighted by molar-refractivity contribution is -0.138. The number of hydrogen-bond donors (Lipinski definition) is 12. The van der Waals surface area contributed by atoms with E-state index < -0.39 is 91.8 Å². The first kappa shape index (κ1) is 56.9. The van der Waals surface area contributed by atoms with Gasteiger partial charge in [0, 0.05) is 13.1 Å². The fraction of sp³-hybridized carbons (Fsp3) is 0.757. The highest BCUT2D eigenvalue weighted by molar-refractivity contribution is 7.53. The van der Waals surface area contributed by atoms with Crippen LogP contribution in [0.5, 0.6) is 0 Å². The Labute approximate surface area is 363 Å². The van der Waals surface area contributed by atoms with Crippen LogP contribution in [-0.2, 0) is 47.2 Å². The predicted octanol–water partition coefficient (Wildman–Crippen LogP) is -2.19. The summed E-state index contributed by atoms with van der Waals surface area (Å²) < 4.78 is 24.1. The quantitative estimate of drug-likeness (QED) is 0.0148. The number of carboxylic acids is 1. The number of carbonyl (C=O) groups excluding carboxylic acids is 6. The van der Waals surface area contributed by atoms with Gasteiger partial charge in [-0.2, -0.15) is 0 Å². The van der Waals surface area contributed by atoms with Gasteiger partial charge in [-0.25, -0.2) is 0 Å². The van der Waals surface area contributed by atoms with Crippen LogP contribution >= 0.6 is 7.60 Å². The maximum Gasteiger partial charge on any atom is 0.330 e. The van der Waals surface area contributed by atoms with Gasteiger partial charge in [-0.05, 0) is 77.6 Å². The monoisotopic (exact) mass is 906 g/mol. The summed E-state index contributed by atoms with van der Waals surface area (Å²) in [6.45, 7) is 11.4. The number of carbonyl (C=O) groups is 7. The van der Waals surface area contributed by atoms with Gasteiger partial charge in [-0.3, -0.25) is 48.1 Å². The first-order valence-corrected chi connectivity index (χ1v) is 22.4. The van der Waals surface area contributed by atoms with Crippen molar-refractivity contribution in [2.45, 2.75) is 130 Å². The third-order valence-corrected chi connectivity index (χ3v) is 10.8. The normalized spacial score (nSPS) is 14.2. The van der Waals surface area contributed by atoms with Crippen molar-refractivity contribution in [3.05, 3.63) is 0 Å².